The van der Waals surface area contributed by atoms with Crippen LogP contribution in [-0.4, -0.2) is 44.4 Å². The molecule has 1 aliphatic rings. The minimum absolute atomic E-state index is 0.00657. The molecule has 10 heteroatoms. The van der Waals surface area contributed by atoms with E-state index in [0.29, 0.717) is 16.8 Å². The molecule has 0 fully saturated rings. The van der Waals surface area contributed by atoms with Gasteiger partial charge in [0.25, 0.3) is 5.91 Å². The maximum atomic E-state index is 13.1. The molecular formula is C21H25N2O7P. The van der Waals surface area contributed by atoms with Gasteiger partial charge in [0.2, 0.25) is 0 Å². The fourth-order valence-electron chi connectivity index (χ4n) is 3.25. The van der Waals surface area contributed by atoms with E-state index < -0.39 is 19.8 Å². The molecule has 0 atom stereocenters. The van der Waals surface area contributed by atoms with Crippen LogP contribution in [0.2, 0.25) is 0 Å². The van der Waals surface area contributed by atoms with E-state index in [1.807, 2.05) is 26.0 Å². The molecule has 0 saturated carbocycles. The molecule has 3 rings (SSSR count). The van der Waals surface area contributed by atoms with E-state index in [-0.39, 0.29) is 19.6 Å². The van der Waals surface area contributed by atoms with Crippen molar-refractivity contribution in [1.82, 2.24) is 4.98 Å². The molecule has 1 N–H and O–H groups in total. The number of aromatic amines is 1. The Balaban J connectivity index is 1.70. The molecule has 1 aliphatic heterocycles. The van der Waals surface area contributed by atoms with Crippen LogP contribution >= 0.6 is 7.82 Å². The summed E-state index contributed by atoms with van der Waals surface area (Å²) in [6, 6.07) is 9.03. The minimum Gasteiger partial charge on any atom is -0.449 e. The third-order valence-corrected chi connectivity index (χ3v) is 6.13. The zero-order chi connectivity index (χ0) is 22.6. The van der Waals surface area contributed by atoms with E-state index >= 15 is 0 Å². The van der Waals surface area contributed by atoms with Crippen molar-refractivity contribution in [3.05, 3.63) is 52.8 Å². The van der Waals surface area contributed by atoms with Crippen LogP contribution in [0.1, 0.15) is 28.9 Å². The molecule has 0 unspecified atom stereocenters. The van der Waals surface area contributed by atoms with Crippen molar-refractivity contribution in [3.63, 3.8) is 0 Å². The number of aromatic nitrogens is 1. The monoisotopic (exact) mass is 448 g/mol. The summed E-state index contributed by atoms with van der Waals surface area (Å²) in [5, 5.41) is 0. The number of carbonyl (C=O) groups is 2. The van der Waals surface area contributed by atoms with E-state index in [4.69, 9.17) is 9.26 Å². The lowest BCUT2D eigenvalue weighted by molar-refractivity contribution is -0.112. The number of nitrogens with zero attached hydrogens (tertiary/aromatic N) is 1. The Morgan fingerprint density at radius 1 is 1.16 bits per heavy atom. The van der Waals surface area contributed by atoms with Crippen LogP contribution in [0.5, 0.6) is 0 Å². The third-order valence-electron chi connectivity index (χ3n) is 4.74. The number of fused-ring (bicyclic) bond motifs is 1. The number of amides is 2. The molecule has 0 bridgehead atoms. The fraction of sp³-hybridized carbons (Fsp3) is 0.333. The van der Waals surface area contributed by atoms with Crippen molar-refractivity contribution < 1.29 is 32.5 Å². The van der Waals surface area contributed by atoms with Gasteiger partial charge in [-0.25, -0.2) is 14.3 Å². The number of imide groups is 1. The third kappa shape index (κ3) is 4.97. The molecule has 2 heterocycles. The molecule has 166 valence electrons. The standard InChI is InChI=1S/C21H25N2O7P/c1-14-12-15(2)22-18(14)13-17-16-8-5-6-9-19(16)23(20(17)24)21(25)29-10-7-11-30-31(26,27-3)28-4/h5-6,8-9,12-13,22H,7,10-11H2,1-4H3/b17-13-. The summed E-state index contributed by atoms with van der Waals surface area (Å²) in [6.07, 6.45) is 1.20. The first-order chi connectivity index (χ1) is 14.8. The van der Waals surface area contributed by atoms with Crippen molar-refractivity contribution >= 4 is 37.2 Å². The maximum absolute atomic E-state index is 13.1. The molecule has 2 aromatic rings. The number of benzene rings is 1. The smallest absolute Gasteiger partial charge is 0.449 e. The molecule has 2 amide bonds. The van der Waals surface area contributed by atoms with Crippen LogP contribution in [0.4, 0.5) is 10.5 Å². The molecule has 1 aromatic carbocycles. The molecule has 0 spiro atoms. The van der Waals surface area contributed by atoms with Crippen LogP contribution in [0.25, 0.3) is 11.6 Å². The summed E-state index contributed by atoms with van der Waals surface area (Å²) in [5.74, 6) is -0.461. The van der Waals surface area contributed by atoms with Crippen LogP contribution in [0.15, 0.2) is 30.3 Å². The summed E-state index contributed by atoms with van der Waals surface area (Å²) in [5.41, 5.74) is 4.31. The van der Waals surface area contributed by atoms with Gasteiger partial charge in [0.05, 0.1) is 24.5 Å². The van der Waals surface area contributed by atoms with Crippen molar-refractivity contribution in [3.8, 4) is 0 Å². The number of ether oxygens (including phenoxy) is 1. The predicted molar refractivity (Wildman–Crippen MR) is 116 cm³/mol. The highest BCUT2D eigenvalue weighted by molar-refractivity contribution is 7.48. The number of hydrogen-bond acceptors (Lipinski definition) is 7. The Morgan fingerprint density at radius 2 is 1.87 bits per heavy atom. The fourth-order valence-corrected chi connectivity index (χ4v) is 3.96. The summed E-state index contributed by atoms with van der Waals surface area (Å²) in [6.45, 7) is 3.84. The summed E-state index contributed by atoms with van der Waals surface area (Å²) in [7, 11) is -1.16. The average Bonchev–Trinajstić information content (AvgIpc) is 3.22. The van der Waals surface area contributed by atoms with E-state index in [2.05, 4.69) is 14.0 Å². The molecule has 0 aliphatic carbocycles. The first kappa shape index (κ1) is 23.0. The van der Waals surface area contributed by atoms with Gasteiger partial charge in [-0.05, 0) is 37.6 Å². The van der Waals surface area contributed by atoms with Crippen molar-refractivity contribution in [2.45, 2.75) is 20.3 Å². The van der Waals surface area contributed by atoms with E-state index in [0.717, 1.165) is 21.9 Å². The normalized spacial score (nSPS) is 14.9. The van der Waals surface area contributed by atoms with Gasteiger partial charge in [-0.2, -0.15) is 0 Å². The predicted octanol–water partition coefficient (Wildman–Crippen LogP) is 4.46. The largest absolute Gasteiger partial charge is 0.474 e. The number of aryl methyl sites for hydroxylation is 2. The second-order valence-electron chi connectivity index (χ2n) is 6.88. The van der Waals surface area contributed by atoms with Gasteiger partial charge in [0.1, 0.15) is 0 Å². The SMILES string of the molecule is COP(=O)(OC)OCCCOC(=O)N1C(=O)/C(=C\c2[nH]c(C)cc2C)c2ccccc21. The average molecular weight is 448 g/mol. The Labute approximate surface area is 180 Å². The van der Waals surface area contributed by atoms with Crippen LogP contribution in [-0.2, 0) is 27.7 Å². The Bertz CT molecular complexity index is 1050. The number of phosphoric acid groups is 1. The van der Waals surface area contributed by atoms with Gasteiger partial charge in [0.15, 0.2) is 0 Å². The number of anilines is 1. The Kier molecular flexibility index (Phi) is 7.12. The first-order valence-corrected chi connectivity index (χ1v) is 11.1. The zero-order valence-corrected chi connectivity index (χ0v) is 18.7. The number of H-pyrrole nitrogens is 1. The zero-order valence-electron chi connectivity index (χ0n) is 17.8. The van der Waals surface area contributed by atoms with Crippen LogP contribution in [0.3, 0.4) is 0 Å². The Morgan fingerprint density at radius 3 is 2.52 bits per heavy atom. The summed E-state index contributed by atoms with van der Waals surface area (Å²) >= 11 is 0. The molecule has 1 aromatic heterocycles. The topological polar surface area (TPSA) is 107 Å². The van der Waals surface area contributed by atoms with E-state index in [1.165, 1.54) is 14.2 Å². The highest BCUT2D eigenvalue weighted by Crippen LogP contribution is 2.47. The highest BCUT2D eigenvalue weighted by atomic mass is 31.2. The minimum atomic E-state index is -3.58. The van der Waals surface area contributed by atoms with Crippen molar-refractivity contribution in [2.75, 3.05) is 32.3 Å². The molecule has 0 radical (unpaired) electrons. The van der Waals surface area contributed by atoms with Crippen molar-refractivity contribution in [2.24, 2.45) is 0 Å². The molecule has 0 saturated heterocycles. The van der Waals surface area contributed by atoms with Crippen molar-refractivity contribution in [1.29, 1.82) is 0 Å². The van der Waals surface area contributed by atoms with Gasteiger partial charge >= 0.3 is 13.9 Å². The lowest BCUT2D eigenvalue weighted by Crippen LogP contribution is -2.34. The van der Waals surface area contributed by atoms with Gasteiger partial charge < -0.3 is 9.72 Å². The number of carbonyl (C=O) groups excluding carboxylic acids is 2. The van der Waals surface area contributed by atoms with Crippen LogP contribution < -0.4 is 4.90 Å². The number of rotatable bonds is 8. The quantitative estimate of drug-likeness (QED) is 0.361. The maximum Gasteiger partial charge on any atom is 0.474 e. The van der Waals surface area contributed by atoms with Gasteiger partial charge in [-0.15, -0.1) is 0 Å². The summed E-state index contributed by atoms with van der Waals surface area (Å²) in [4.78, 5) is 30.0. The second-order valence-corrected chi connectivity index (χ2v) is 8.76. The van der Waals surface area contributed by atoms with Gasteiger partial charge in [0, 0.05) is 37.6 Å². The lowest BCUT2D eigenvalue weighted by Gasteiger charge is -2.16. The van der Waals surface area contributed by atoms with E-state index in [9.17, 15) is 14.2 Å². The Hall–Kier alpha value is -2.71. The first-order valence-electron chi connectivity index (χ1n) is 9.64. The molecule has 31 heavy (non-hydrogen) atoms. The highest BCUT2D eigenvalue weighted by Gasteiger charge is 2.37. The molecular weight excluding hydrogens is 423 g/mol. The second kappa shape index (κ2) is 9.62. The lowest BCUT2D eigenvalue weighted by atomic mass is 10.1. The number of phosphoric ester groups is 1. The number of nitrogens with one attached hydrogen (secondary N) is 1. The van der Waals surface area contributed by atoms with Gasteiger partial charge in [-0.1, -0.05) is 18.2 Å². The van der Waals surface area contributed by atoms with Gasteiger partial charge in [-0.3, -0.25) is 18.4 Å². The van der Waals surface area contributed by atoms with Crippen LogP contribution in [0, 0.1) is 13.8 Å². The molecule has 9 nitrogen and oxygen atoms in total. The van der Waals surface area contributed by atoms with E-state index in [1.54, 1.807) is 24.3 Å². The number of para-hydroxylation sites is 1. The summed E-state index contributed by atoms with van der Waals surface area (Å²) < 4.78 is 31.4. The number of hydrogen-bond donors (Lipinski definition) is 1.